The van der Waals surface area contributed by atoms with Crippen LogP contribution >= 0.6 is 0 Å². The number of ether oxygens (including phenoxy) is 1. The quantitative estimate of drug-likeness (QED) is 0.456. The number of piperidine rings is 1. The Kier molecular flexibility index (Phi) is 7.01. The SMILES string of the molecule is CCOCC[N+]1=C(CN2CCC(Cc3ccccc3)CC2)N=C2C1C(=O)N(C)C(=O)N2C. The summed E-state index contributed by atoms with van der Waals surface area (Å²) in [6.07, 6.45) is 3.44. The molecular weight excluding hydrogens is 406 g/mol. The minimum absolute atomic E-state index is 0.222. The van der Waals surface area contributed by atoms with E-state index in [1.165, 1.54) is 22.4 Å². The number of imide groups is 1. The van der Waals surface area contributed by atoms with E-state index in [1.807, 2.05) is 11.5 Å². The van der Waals surface area contributed by atoms with Gasteiger partial charge in [-0.3, -0.25) is 19.5 Å². The van der Waals surface area contributed by atoms with Gasteiger partial charge in [0, 0.05) is 20.7 Å². The first-order valence-electron chi connectivity index (χ1n) is 11.6. The van der Waals surface area contributed by atoms with Crippen LogP contribution in [0.3, 0.4) is 0 Å². The third-order valence-electron chi connectivity index (χ3n) is 6.73. The summed E-state index contributed by atoms with van der Waals surface area (Å²) in [4.78, 5) is 35.3. The first-order valence-corrected chi connectivity index (χ1v) is 11.6. The topological polar surface area (TPSA) is 68.5 Å². The Balaban J connectivity index is 1.45. The van der Waals surface area contributed by atoms with Gasteiger partial charge < -0.3 is 4.74 Å². The summed E-state index contributed by atoms with van der Waals surface area (Å²) in [7, 11) is 3.23. The second kappa shape index (κ2) is 9.92. The van der Waals surface area contributed by atoms with Crippen LogP contribution in [0.2, 0.25) is 0 Å². The van der Waals surface area contributed by atoms with E-state index in [2.05, 4.69) is 35.2 Å². The second-order valence-electron chi connectivity index (χ2n) is 8.83. The van der Waals surface area contributed by atoms with Gasteiger partial charge in [-0.25, -0.2) is 9.37 Å². The van der Waals surface area contributed by atoms with Gasteiger partial charge in [0.05, 0.1) is 6.61 Å². The normalized spacial score (nSPS) is 22.6. The van der Waals surface area contributed by atoms with Crippen molar-refractivity contribution in [2.75, 3.05) is 53.5 Å². The highest BCUT2D eigenvalue weighted by Crippen LogP contribution is 2.23. The van der Waals surface area contributed by atoms with Crippen LogP contribution in [0.15, 0.2) is 35.3 Å². The predicted octanol–water partition coefficient (Wildman–Crippen LogP) is 1.69. The average molecular weight is 441 g/mol. The number of carbonyl (C=O) groups is 2. The van der Waals surface area contributed by atoms with Crippen LogP contribution in [0, 0.1) is 5.92 Å². The number of hydrogen-bond donors (Lipinski definition) is 0. The molecule has 4 rings (SSSR count). The standard InChI is InChI=1S/C24H34N5O3/c1-4-32-15-14-29-20(25-22-21(29)23(30)27(3)24(31)26(22)2)17-28-12-10-19(11-13-28)16-18-8-6-5-7-9-18/h5-9,19,21H,4,10-17H2,1-3H3/q+1. The van der Waals surface area contributed by atoms with Crippen molar-refractivity contribution in [2.45, 2.75) is 32.2 Å². The number of amidine groups is 2. The van der Waals surface area contributed by atoms with Gasteiger partial charge in [0.15, 0.2) is 0 Å². The van der Waals surface area contributed by atoms with Crippen LogP contribution in [0.4, 0.5) is 4.79 Å². The van der Waals surface area contributed by atoms with E-state index in [4.69, 9.17) is 9.73 Å². The molecule has 3 heterocycles. The van der Waals surface area contributed by atoms with Crippen LogP contribution in [-0.2, 0) is 16.0 Å². The number of benzene rings is 1. The molecule has 8 heteroatoms. The summed E-state index contributed by atoms with van der Waals surface area (Å²) in [5, 5.41) is 0. The molecule has 2 fully saturated rings. The number of urea groups is 1. The zero-order chi connectivity index (χ0) is 22.7. The number of fused-ring (bicyclic) bond motifs is 1. The van der Waals surface area contributed by atoms with Gasteiger partial charge in [-0.1, -0.05) is 30.3 Å². The lowest BCUT2D eigenvalue weighted by Gasteiger charge is -2.31. The van der Waals surface area contributed by atoms with Crippen molar-refractivity contribution >= 4 is 23.6 Å². The third kappa shape index (κ3) is 4.61. The Labute approximate surface area is 190 Å². The minimum atomic E-state index is -0.547. The summed E-state index contributed by atoms with van der Waals surface area (Å²) in [6, 6.07) is 9.82. The molecule has 0 bridgehead atoms. The lowest BCUT2D eigenvalue weighted by molar-refractivity contribution is -0.539. The fourth-order valence-electron chi connectivity index (χ4n) is 4.84. The molecule has 3 aliphatic heterocycles. The Morgan fingerprint density at radius 3 is 2.50 bits per heavy atom. The number of likely N-dealkylation sites (N-methyl/N-ethyl adjacent to an activating group) is 2. The van der Waals surface area contributed by atoms with Crippen LogP contribution in [0.5, 0.6) is 0 Å². The molecule has 0 radical (unpaired) electrons. The molecule has 1 aromatic rings. The minimum Gasteiger partial charge on any atom is -0.378 e. The molecule has 32 heavy (non-hydrogen) atoms. The van der Waals surface area contributed by atoms with Crippen molar-refractivity contribution in [1.29, 1.82) is 0 Å². The molecule has 0 spiro atoms. The highest BCUT2D eigenvalue weighted by molar-refractivity contribution is 6.23. The molecule has 0 saturated carbocycles. The number of carbonyl (C=O) groups excluding carboxylic acids is 2. The second-order valence-corrected chi connectivity index (χ2v) is 8.83. The van der Waals surface area contributed by atoms with Crippen LogP contribution in [-0.4, -0.2) is 102 Å². The first-order chi connectivity index (χ1) is 15.5. The van der Waals surface area contributed by atoms with Crippen LogP contribution < -0.4 is 0 Å². The van der Waals surface area contributed by atoms with Gasteiger partial charge in [0.25, 0.3) is 17.8 Å². The van der Waals surface area contributed by atoms with Gasteiger partial charge in [-0.05, 0) is 55.7 Å². The molecule has 3 amide bonds. The van der Waals surface area contributed by atoms with Gasteiger partial charge >= 0.3 is 11.9 Å². The van der Waals surface area contributed by atoms with Crippen molar-refractivity contribution in [3.63, 3.8) is 0 Å². The molecular formula is C24H34N5O3+. The lowest BCUT2D eigenvalue weighted by Crippen LogP contribution is -2.61. The molecule has 2 saturated heterocycles. The van der Waals surface area contributed by atoms with E-state index in [9.17, 15) is 9.59 Å². The van der Waals surface area contributed by atoms with E-state index in [0.717, 1.165) is 38.2 Å². The summed E-state index contributed by atoms with van der Waals surface area (Å²) < 4.78 is 7.60. The number of nitrogens with zero attached hydrogens (tertiary/aromatic N) is 5. The van der Waals surface area contributed by atoms with E-state index < -0.39 is 6.04 Å². The average Bonchev–Trinajstić information content (AvgIpc) is 3.16. The monoisotopic (exact) mass is 440 g/mol. The van der Waals surface area contributed by atoms with E-state index in [1.54, 1.807) is 7.05 Å². The van der Waals surface area contributed by atoms with Gasteiger partial charge in [-0.2, -0.15) is 0 Å². The molecule has 1 aromatic carbocycles. The maximum Gasteiger partial charge on any atom is 0.333 e. The maximum absolute atomic E-state index is 12.9. The van der Waals surface area contributed by atoms with Gasteiger partial charge in [0.1, 0.15) is 13.1 Å². The summed E-state index contributed by atoms with van der Waals surface area (Å²) in [5.74, 6) is 1.86. The highest BCUT2D eigenvalue weighted by Gasteiger charge is 2.53. The molecule has 0 aromatic heterocycles. The Bertz CT molecular complexity index is 905. The highest BCUT2D eigenvalue weighted by atomic mass is 16.5. The first kappa shape index (κ1) is 22.6. The summed E-state index contributed by atoms with van der Waals surface area (Å²) in [5.41, 5.74) is 1.41. The lowest BCUT2D eigenvalue weighted by atomic mass is 9.90. The molecule has 1 unspecified atom stereocenters. The van der Waals surface area contributed by atoms with Crippen molar-refractivity contribution in [3.05, 3.63) is 35.9 Å². The molecule has 3 aliphatic rings. The van der Waals surface area contributed by atoms with Crippen molar-refractivity contribution < 1.29 is 18.9 Å². The Hall–Kier alpha value is -2.58. The maximum atomic E-state index is 12.9. The molecule has 8 nitrogen and oxygen atoms in total. The summed E-state index contributed by atoms with van der Waals surface area (Å²) >= 11 is 0. The Morgan fingerprint density at radius 1 is 1.09 bits per heavy atom. The predicted molar refractivity (Wildman–Crippen MR) is 123 cm³/mol. The fraction of sp³-hybridized carbons (Fsp3) is 0.583. The smallest absolute Gasteiger partial charge is 0.333 e. The zero-order valence-electron chi connectivity index (χ0n) is 19.4. The summed E-state index contributed by atoms with van der Waals surface area (Å²) in [6.45, 7) is 6.39. The zero-order valence-corrected chi connectivity index (χ0v) is 19.4. The fourth-order valence-corrected chi connectivity index (χ4v) is 4.84. The molecule has 0 aliphatic carbocycles. The Morgan fingerprint density at radius 2 is 1.81 bits per heavy atom. The molecule has 0 N–H and O–H groups in total. The largest absolute Gasteiger partial charge is 0.378 e. The van der Waals surface area contributed by atoms with Crippen LogP contribution in [0.1, 0.15) is 25.3 Å². The molecule has 172 valence electrons. The van der Waals surface area contributed by atoms with E-state index >= 15 is 0 Å². The van der Waals surface area contributed by atoms with Crippen molar-refractivity contribution in [2.24, 2.45) is 10.9 Å². The molecule has 1 atom stereocenters. The van der Waals surface area contributed by atoms with Crippen molar-refractivity contribution in [3.8, 4) is 0 Å². The van der Waals surface area contributed by atoms with Crippen molar-refractivity contribution in [1.82, 2.24) is 14.7 Å². The van der Waals surface area contributed by atoms with Crippen LogP contribution in [0.25, 0.3) is 0 Å². The number of rotatable bonds is 8. The number of aliphatic imine (C=N–C) groups is 1. The van der Waals surface area contributed by atoms with E-state index in [-0.39, 0.29) is 11.9 Å². The van der Waals surface area contributed by atoms with E-state index in [0.29, 0.717) is 38.1 Å². The third-order valence-corrected chi connectivity index (χ3v) is 6.73. The van der Waals surface area contributed by atoms with Gasteiger partial charge in [0.2, 0.25) is 0 Å². The number of amides is 3. The number of hydrogen-bond acceptors (Lipinski definition) is 5. The number of likely N-dealkylation sites (tertiary alicyclic amines) is 1. The van der Waals surface area contributed by atoms with Gasteiger partial charge in [-0.15, -0.1) is 0 Å².